The van der Waals surface area contributed by atoms with Crippen molar-refractivity contribution in [3.05, 3.63) is 94.8 Å². The molecule has 0 unspecified atom stereocenters. The first-order valence-electron chi connectivity index (χ1n) is 12.1. The van der Waals surface area contributed by atoms with Gasteiger partial charge in [0.2, 0.25) is 0 Å². The lowest BCUT2D eigenvalue weighted by Crippen LogP contribution is -2.40. The summed E-state index contributed by atoms with van der Waals surface area (Å²) >= 11 is 5.99. The zero-order valence-corrected chi connectivity index (χ0v) is 20.6. The lowest BCUT2D eigenvalue weighted by molar-refractivity contribution is 0.0823. The van der Waals surface area contributed by atoms with Crippen LogP contribution in [0.1, 0.15) is 34.5 Å². The number of hydrogen-bond donors (Lipinski definition) is 1. The fourth-order valence-corrected chi connectivity index (χ4v) is 4.25. The zero-order chi connectivity index (χ0) is 24.3. The Balaban J connectivity index is 1.46. The number of benzene rings is 2. The second-order valence-electron chi connectivity index (χ2n) is 8.73. The fourth-order valence-electron chi connectivity index (χ4n) is 4.14. The van der Waals surface area contributed by atoms with Gasteiger partial charge in [-0.25, -0.2) is 0 Å². The molecule has 184 valence electrons. The number of aromatic nitrogens is 1. The molecule has 1 atom stereocenters. The van der Waals surface area contributed by atoms with E-state index < -0.39 is 0 Å². The number of carbonyl (C=O) groups excluding carboxylic acids is 1. The molecule has 2 heterocycles. The third-order valence-corrected chi connectivity index (χ3v) is 6.19. The van der Waals surface area contributed by atoms with Gasteiger partial charge in [0, 0.05) is 25.9 Å². The second kappa shape index (κ2) is 13.2. The Morgan fingerprint density at radius 2 is 1.80 bits per heavy atom. The van der Waals surface area contributed by atoms with Crippen LogP contribution in [-0.4, -0.2) is 54.7 Å². The highest BCUT2D eigenvalue weighted by atomic mass is 35.5. The van der Waals surface area contributed by atoms with Crippen molar-refractivity contribution in [3.63, 3.8) is 0 Å². The minimum atomic E-state index is -0.151. The SMILES string of the molecule is O=C1N[C@@H](Cc2ccccc2)COCCCCN(Cc2ccc(Cl)cn2)CCOc2ccccc21. The van der Waals surface area contributed by atoms with Crippen LogP contribution >= 0.6 is 11.6 Å². The van der Waals surface area contributed by atoms with E-state index in [1.54, 1.807) is 12.3 Å². The molecule has 0 spiro atoms. The van der Waals surface area contributed by atoms with Gasteiger partial charge in [0.15, 0.2) is 0 Å². The van der Waals surface area contributed by atoms with Crippen LogP contribution in [0.2, 0.25) is 5.02 Å². The van der Waals surface area contributed by atoms with E-state index in [9.17, 15) is 4.79 Å². The molecule has 0 fully saturated rings. The molecule has 1 aliphatic rings. The monoisotopic (exact) mass is 493 g/mol. The first-order chi connectivity index (χ1) is 17.2. The summed E-state index contributed by atoms with van der Waals surface area (Å²) in [6.07, 6.45) is 4.32. The smallest absolute Gasteiger partial charge is 0.255 e. The highest BCUT2D eigenvalue weighted by molar-refractivity contribution is 6.30. The molecule has 6 nitrogen and oxygen atoms in total. The summed E-state index contributed by atoms with van der Waals surface area (Å²) in [5.41, 5.74) is 2.66. The normalized spacial score (nSPS) is 18.4. The molecular weight excluding hydrogens is 462 g/mol. The second-order valence-corrected chi connectivity index (χ2v) is 9.17. The maximum Gasteiger partial charge on any atom is 0.255 e. The standard InChI is InChI=1S/C28H32ClN3O3/c29-23-12-13-24(30-19-23)20-32-14-6-7-16-34-21-25(18-22-8-2-1-3-9-22)31-28(33)26-10-4-5-11-27(26)35-17-15-32/h1-5,8-13,19,25H,6-7,14-18,20-21H2,(H,31,33)/t25-/m0/s1. The molecule has 3 aromatic rings. The molecule has 1 amide bonds. The van der Waals surface area contributed by atoms with E-state index in [4.69, 9.17) is 21.1 Å². The average molecular weight is 494 g/mol. The summed E-state index contributed by atoms with van der Waals surface area (Å²) in [7, 11) is 0. The molecule has 0 saturated carbocycles. The van der Waals surface area contributed by atoms with Gasteiger partial charge in [-0.05, 0) is 55.6 Å². The summed E-state index contributed by atoms with van der Waals surface area (Å²) in [6, 6.07) is 21.3. The summed E-state index contributed by atoms with van der Waals surface area (Å²) in [5, 5.41) is 3.80. The Kier molecular flexibility index (Phi) is 9.52. The number of hydrogen-bond acceptors (Lipinski definition) is 5. The topological polar surface area (TPSA) is 63.7 Å². The number of carbonyl (C=O) groups is 1. The van der Waals surface area contributed by atoms with Gasteiger partial charge in [0.05, 0.1) is 28.9 Å². The van der Waals surface area contributed by atoms with E-state index >= 15 is 0 Å². The maximum atomic E-state index is 13.2. The van der Waals surface area contributed by atoms with Gasteiger partial charge in [-0.3, -0.25) is 14.7 Å². The highest BCUT2D eigenvalue weighted by Gasteiger charge is 2.19. The van der Waals surface area contributed by atoms with E-state index in [2.05, 4.69) is 27.3 Å². The summed E-state index contributed by atoms with van der Waals surface area (Å²) in [6.45, 7) is 3.93. The first-order valence-corrected chi connectivity index (χ1v) is 12.5. The van der Waals surface area contributed by atoms with Gasteiger partial charge in [0.25, 0.3) is 5.91 Å². The number of para-hydroxylation sites is 1. The van der Waals surface area contributed by atoms with E-state index in [1.807, 2.05) is 48.5 Å². The van der Waals surface area contributed by atoms with E-state index in [0.717, 1.165) is 37.2 Å². The Hall–Kier alpha value is -2.93. The van der Waals surface area contributed by atoms with Gasteiger partial charge in [-0.2, -0.15) is 0 Å². The molecule has 4 rings (SSSR count). The Morgan fingerprint density at radius 3 is 2.63 bits per heavy atom. The summed E-state index contributed by atoms with van der Waals surface area (Å²) in [5.74, 6) is 0.436. The van der Waals surface area contributed by atoms with Crippen molar-refractivity contribution in [1.29, 1.82) is 0 Å². The molecular formula is C28H32ClN3O3. The van der Waals surface area contributed by atoms with Crippen LogP contribution in [0.4, 0.5) is 0 Å². The van der Waals surface area contributed by atoms with E-state index in [1.165, 1.54) is 0 Å². The highest BCUT2D eigenvalue weighted by Crippen LogP contribution is 2.19. The molecule has 0 aliphatic carbocycles. The van der Waals surface area contributed by atoms with Crippen molar-refractivity contribution in [2.45, 2.75) is 31.8 Å². The van der Waals surface area contributed by atoms with Gasteiger partial charge >= 0.3 is 0 Å². The number of nitrogens with zero attached hydrogens (tertiary/aromatic N) is 2. The van der Waals surface area contributed by atoms with Gasteiger partial charge in [-0.15, -0.1) is 0 Å². The third kappa shape index (κ3) is 8.06. The van der Waals surface area contributed by atoms with Crippen molar-refractivity contribution in [2.24, 2.45) is 0 Å². The van der Waals surface area contributed by atoms with Gasteiger partial charge < -0.3 is 14.8 Å². The van der Waals surface area contributed by atoms with Crippen LogP contribution in [-0.2, 0) is 17.7 Å². The predicted molar refractivity (Wildman–Crippen MR) is 138 cm³/mol. The third-order valence-electron chi connectivity index (χ3n) is 5.96. The lowest BCUT2D eigenvalue weighted by atomic mass is 10.1. The molecule has 0 radical (unpaired) electrons. The molecule has 1 N–H and O–H groups in total. The van der Waals surface area contributed by atoms with Crippen LogP contribution in [0, 0.1) is 0 Å². The van der Waals surface area contributed by atoms with Crippen molar-refractivity contribution < 1.29 is 14.3 Å². The van der Waals surface area contributed by atoms with Crippen molar-refractivity contribution in [1.82, 2.24) is 15.2 Å². The number of amides is 1. The number of nitrogens with one attached hydrogen (secondary N) is 1. The minimum Gasteiger partial charge on any atom is -0.491 e. The largest absolute Gasteiger partial charge is 0.491 e. The van der Waals surface area contributed by atoms with Crippen LogP contribution in [0.5, 0.6) is 5.75 Å². The number of fused-ring (bicyclic) bond motifs is 1. The van der Waals surface area contributed by atoms with Crippen LogP contribution in [0.25, 0.3) is 0 Å². The van der Waals surface area contributed by atoms with Crippen molar-refractivity contribution in [3.8, 4) is 5.75 Å². The molecule has 35 heavy (non-hydrogen) atoms. The number of halogens is 1. The Labute approximate surface area is 212 Å². The maximum absolute atomic E-state index is 13.2. The van der Waals surface area contributed by atoms with Crippen LogP contribution < -0.4 is 10.1 Å². The van der Waals surface area contributed by atoms with Crippen LogP contribution in [0.3, 0.4) is 0 Å². The van der Waals surface area contributed by atoms with Crippen molar-refractivity contribution >= 4 is 17.5 Å². The summed E-state index contributed by atoms with van der Waals surface area (Å²) < 4.78 is 12.1. The van der Waals surface area contributed by atoms with Gasteiger partial charge in [-0.1, -0.05) is 54.1 Å². The number of pyridine rings is 1. The summed E-state index contributed by atoms with van der Waals surface area (Å²) in [4.78, 5) is 20.0. The predicted octanol–water partition coefficient (Wildman–Crippen LogP) is 4.77. The van der Waals surface area contributed by atoms with Crippen LogP contribution in [0.15, 0.2) is 72.9 Å². The number of ether oxygens (including phenoxy) is 2. The lowest BCUT2D eigenvalue weighted by Gasteiger charge is -2.22. The van der Waals surface area contributed by atoms with Crippen molar-refractivity contribution in [2.75, 3.05) is 32.9 Å². The van der Waals surface area contributed by atoms with E-state index in [-0.39, 0.29) is 11.9 Å². The molecule has 7 heteroatoms. The molecule has 1 aromatic heterocycles. The van der Waals surface area contributed by atoms with E-state index in [0.29, 0.717) is 49.1 Å². The molecule has 0 bridgehead atoms. The van der Waals surface area contributed by atoms with Gasteiger partial charge in [0.1, 0.15) is 12.4 Å². The quantitative estimate of drug-likeness (QED) is 0.567. The zero-order valence-electron chi connectivity index (χ0n) is 19.9. The molecule has 0 saturated heterocycles. The Morgan fingerprint density at radius 1 is 0.971 bits per heavy atom. The number of rotatable bonds is 4. The minimum absolute atomic E-state index is 0.129. The Bertz CT molecular complexity index is 1060. The molecule has 2 aromatic carbocycles. The first kappa shape index (κ1) is 25.2. The fraction of sp³-hybridized carbons (Fsp3) is 0.357. The molecule has 1 aliphatic heterocycles. The average Bonchev–Trinajstić information content (AvgIpc) is 2.88.